The molecule has 90 valence electrons. The van der Waals surface area contributed by atoms with E-state index < -0.39 is 0 Å². The lowest BCUT2D eigenvalue weighted by Gasteiger charge is -2.09. The van der Waals surface area contributed by atoms with E-state index in [0.717, 1.165) is 22.9 Å². The van der Waals surface area contributed by atoms with E-state index in [1.54, 1.807) is 0 Å². The molecule has 0 aliphatic carbocycles. The van der Waals surface area contributed by atoms with Crippen LogP contribution in [0.4, 0.5) is 5.00 Å². The first kappa shape index (κ1) is 11.8. The van der Waals surface area contributed by atoms with E-state index in [0.29, 0.717) is 6.61 Å². The van der Waals surface area contributed by atoms with Crippen molar-refractivity contribution in [3.8, 4) is 5.75 Å². The molecule has 0 bridgehead atoms. The first-order valence-corrected chi connectivity index (χ1v) is 6.11. The Bertz CT molecular complexity index is 486. The van der Waals surface area contributed by atoms with Gasteiger partial charge in [0.05, 0.1) is 0 Å². The second-order valence-corrected chi connectivity index (χ2v) is 4.20. The monoisotopic (exact) mass is 250 g/mol. The fourth-order valence-electron chi connectivity index (χ4n) is 1.50. The molecule has 0 amide bonds. The van der Waals surface area contributed by atoms with Crippen molar-refractivity contribution in [2.75, 3.05) is 5.43 Å². The molecule has 2 rings (SSSR count). The predicted molar refractivity (Wildman–Crippen MR) is 67.9 cm³/mol. The summed E-state index contributed by atoms with van der Waals surface area (Å²) in [5.41, 5.74) is 4.46. The van der Waals surface area contributed by atoms with Gasteiger partial charge in [-0.15, -0.1) is 5.10 Å². The minimum absolute atomic E-state index is 0.368. The van der Waals surface area contributed by atoms with E-state index in [9.17, 15) is 0 Å². The first-order chi connectivity index (χ1) is 8.35. The van der Waals surface area contributed by atoms with Crippen LogP contribution in [0.25, 0.3) is 0 Å². The number of anilines is 1. The van der Waals surface area contributed by atoms with Crippen molar-refractivity contribution >= 4 is 16.5 Å². The second kappa shape index (κ2) is 5.60. The maximum atomic E-state index is 5.72. The normalized spacial score (nSPS) is 10.2. The molecule has 0 saturated carbocycles. The zero-order valence-corrected chi connectivity index (χ0v) is 10.3. The fraction of sp³-hybridized carbons (Fsp3) is 0.273. The molecule has 0 unspecified atom stereocenters. The second-order valence-electron chi connectivity index (χ2n) is 3.44. The summed E-state index contributed by atoms with van der Waals surface area (Å²) in [5.74, 6) is 6.23. The van der Waals surface area contributed by atoms with Gasteiger partial charge in [-0.1, -0.05) is 29.6 Å². The van der Waals surface area contributed by atoms with E-state index in [1.165, 1.54) is 17.1 Å². The lowest BCUT2D eigenvalue weighted by atomic mass is 10.1. The number of hydrogen-bond donors (Lipinski definition) is 2. The number of para-hydroxylation sites is 1. The number of nitrogens with one attached hydrogen (secondary N) is 1. The van der Waals surface area contributed by atoms with E-state index >= 15 is 0 Å². The van der Waals surface area contributed by atoms with Gasteiger partial charge in [-0.05, 0) is 18.1 Å². The molecule has 0 saturated heterocycles. The molecule has 1 heterocycles. The van der Waals surface area contributed by atoms with Gasteiger partial charge in [0.2, 0.25) is 0 Å². The third-order valence-electron chi connectivity index (χ3n) is 2.40. The van der Waals surface area contributed by atoms with Crippen LogP contribution >= 0.6 is 11.5 Å². The summed E-state index contributed by atoms with van der Waals surface area (Å²) in [5, 5.41) is 4.69. The molecule has 0 atom stereocenters. The molecule has 5 nitrogen and oxygen atoms in total. The minimum Gasteiger partial charge on any atom is -0.487 e. The Labute approximate surface area is 104 Å². The number of nitrogens with zero attached hydrogens (tertiary/aromatic N) is 2. The molecule has 3 N–H and O–H groups in total. The standard InChI is InChI=1S/C11H14N4OS/c1-2-8-5-3-4-6-10(8)16-7-9-11(13-12)17-15-14-9/h3-6,13H,2,7,12H2,1H3. The molecule has 0 spiro atoms. The number of ether oxygens (including phenoxy) is 1. The van der Waals surface area contributed by atoms with Crippen LogP contribution in [-0.4, -0.2) is 9.59 Å². The molecular weight excluding hydrogens is 236 g/mol. The molecule has 0 fully saturated rings. The van der Waals surface area contributed by atoms with Crippen LogP contribution in [0.1, 0.15) is 18.2 Å². The number of nitrogens with two attached hydrogens (primary N) is 1. The molecule has 0 aliphatic heterocycles. The lowest BCUT2D eigenvalue weighted by Crippen LogP contribution is -2.09. The molecular formula is C11H14N4OS. The van der Waals surface area contributed by atoms with Crippen molar-refractivity contribution in [2.24, 2.45) is 5.84 Å². The largest absolute Gasteiger partial charge is 0.487 e. The van der Waals surface area contributed by atoms with Crippen LogP contribution < -0.4 is 16.0 Å². The van der Waals surface area contributed by atoms with Gasteiger partial charge in [0.15, 0.2) is 5.00 Å². The number of aryl methyl sites for hydroxylation is 1. The van der Waals surface area contributed by atoms with Crippen molar-refractivity contribution in [3.63, 3.8) is 0 Å². The van der Waals surface area contributed by atoms with Crippen molar-refractivity contribution < 1.29 is 4.74 Å². The van der Waals surface area contributed by atoms with E-state index in [1.807, 2.05) is 18.2 Å². The van der Waals surface area contributed by atoms with Crippen molar-refractivity contribution in [2.45, 2.75) is 20.0 Å². The molecule has 6 heteroatoms. The maximum absolute atomic E-state index is 5.72. The minimum atomic E-state index is 0.368. The Kier molecular flexibility index (Phi) is 3.89. The highest BCUT2D eigenvalue weighted by Gasteiger charge is 2.08. The van der Waals surface area contributed by atoms with Crippen LogP contribution in [0.3, 0.4) is 0 Å². The van der Waals surface area contributed by atoms with Crippen LogP contribution in [0, 0.1) is 0 Å². The molecule has 17 heavy (non-hydrogen) atoms. The summed E-state index contributed by atoms with van der Waals surface area (Å²) in [7, 11) is 0. The van der Waals surface area contributed by atoms with Gasteiger partial charge in [0.25, 0.3) is 0 Å². The SMILES string of the molecule is CCc1ccccc1OCc1nnsc1NN. The summed E-state index contributed by atoms with van der Waals surface area (Å²) in [6, 6.07) is 7.96. The summed E-state index contributed by atoms with van der Waals surface area (Å²) in [6.45, 7) is 2.46. The number of nitrogen functional groups attached to an aromatic ring is 1. The van der Waals surface area contributed by atoms with Gasteiger partial charge in [0.1, 0.15) is 18.1 Å². The first-order valence-electron chi connectivity index (χ1n) is 5.33. The zero-order chi connectivity index (χ0) is 12.1. The van der Waals surface area contributed by atoms with Crippen molar-refractivity contribution in [1.29, 1.82) is 0 Å². The van der Waals surface area contributed by atoms with E-state index in [4.69, 9.17) is 10.6 Å². The Morgan fingerprint density at radius 2 is 2.24 bits per heavy atom. The molecule has 1 aromatic heterocycles. The van der Waals surface area contributed by atoms with Crippen LogP contribution in [-0.2, 0) is 13.0 Å². The summed E-state index contributed by atoms with van der Waals surface area (Å²) >= 11 is 1.22. The van der Waals surface area contributed by atoms with E-state index in [2.05, 4.69) is 28.0 Å². The Hall–Kier alpha value is -1.66. The van der Waals surface area contributed by atoms with Gasteiger partial charge < -0.3 is 10.2 Å². The third-order valence-corrected chi connectivity index (χ3v) is 3.10. The number of hydrazine groups is 1. The quantitative estimate of drug-likeness (QED) is 0.627. The van der Waals surface area contributed by atoms with E-state index in [-0.39, 0.29) is 0 Å². The molecule has 2 aromatic rings. The number of rotatable bonds is 5. The molecule has 1 aromatic carbocycles. The highest BCUT2D eigenvalue weighted by atomic mass is 32.1. The summed E-state index contributed by atoms with van der Waals surface area (Å²) in [6.07, 6.45) is 0.938. The Morgan fingerprint density at radius 1 is 1.41 bits per heavy atom. The number of benzene rings is 1. The fourth-order valence-corrected chi connectivity index (χ4v) is 1.97. The average molecular weight is 250 g/mol. The Morgan fingerprint density at radius 3 is 3.00 bits per heavy atom. The highest BCUT2D eigenvalue weighted by molar-refractivity contribution is 7.10. The molecule has 0 aliphatic rings. The summed E-state index contributed by atoms with van der Waals surface area (Å²) < 4.78 is 9.54. The highest BCUT2D eigenvalue weighted by Crippen LogP contribution is 2.22. The van der Waals surface area contributed by atoms with Gasteiger partial charge in [-0.2, -0.15) is 0 Å². The van der Waals surface area contributed by atoms with Crippen molar-refractivity contribution in [3.05, 3.63) is 35.5 Å². The van der Waals surface area contributed by atoms with Gasteiger partial charge in [-0.25, -0.2) is 5.84 Å². The van der Waals surface area contributed by atoms with Gasteiger partial charge in [0, 0.05) is 11.5 Å². The van der Waals surface area contributed by atoms with Gasteiger partial charge >= 0.3 is 0 Å². The van der Waals surface area contributed by atoms with Gasteiger partial charge in [-0.3, -0.25) is 0 Å². The smallest absolute Gasteiger partial charge is 0.150 e. The summed E-state index contributed by atoms with van der Waals surface area (Å²) in [4.78, 5) is 0. The topological polar surface area (TPSA) is 73.1 Å². The van der Waals surface area contributed by atoms with Crippen LogP contribution in [0.2, 0.25) is 0 Å². The zero-order valence-electron chi connectivity index (χ0n) is 9.51. The van der Waals surface area contributed by atoms with Crippen molar-refractivity contribution in [1.82, 2.24) is 9.59 Å². The average Bonchev–Trinajstić information content (AvgIpc) is 2.84. The van der Waals surface area contributed by atoms with Crippen LogP contribution in [0.15, 0.2) is 24.3 Å². The third kappa shape index (κ3) is 2.72. The molecule has 0 radical (unpaired) electrons. The number of hydrogen-bond acceptors (Lipinski definition) is 6. The maximum Gasteiger partial charge on any atom is 0.150 e. The number of aromatic nitrogens is 2. The van der Waals surface area contributed by atoms with Crippen LogP contribution in [0.5, 0.6) is 5.75 Å². The lowest BCUT2D eigenvalue weighted by molar-refractivity contribution is 0.299. The predicted octanol–water partition coefficient (Wildman–Crippen LogP) is 1.97. The Balaban J connectivity index is 2.07.